The molecule has 0 rings (SSSR count). The van der Waals surface area contributed by atoms with Gasteiger partial charge in [-0.1, -0.05) is 260 Å². The average Bonchev–Trinajstić information content (AvgIpc) is 3.37. The molecule has 0 aromatic rings. The molecule has 0 aromatic heterocycles. The molecule has 6 nitrogen and oxygen atoms in total. The molecule has 0 aliphatic heterocycles. The maximum Gasteiger partial charge on any atom is 0.306 e. The first-order valence-corrected chi connectivity index (χ1v) is 30.1. The van der Waals surface area contributed by atoms with Crippen molar-refractivity contribution in [1.29, 1.82) is 0 Å². The second-order valence-corrected chi connectivity index (χ2v) is 19.9. The summed E-state index contributed by atoms with van der Waals surface area (Å²) in [6, 6.07) is 0. The lowest BCUT2D eigenvalue weighted by Crippen LogP contribution is -2.30. The molecule has 0 aliphatic rings. The summed E-state index contributed by atoms with van der Waals surface area (Å²) in [6.45, 7) is 6.47. The molecule has 0 unspecified atom stereocenters. The largest absolute Gasteiger partial charge is 0.462 e. The zero-order valence-electron chi connectivity index (χ0n) is 46.7. The molecule has 0 spiro atoms. The van der Waals surface area contributed by atoms with Crippen LogP contribution in [-0.4, -0.2) is 37.2 Å². The normalized spacial score (nSPS) is 12.7. The van der Waals surface area contributed by atoms with Gasteiger partial charge in [0.05, 0.1) is 0 Å². The van der Waals surface area contributed by atoms with Crippen LogP contribution in [0.15, 0.2) is 85.1 Å². The molecule has 0 aromatic carbocycles. The third-order valence-electron chi connectivity index (χ3n) is 12.9. The Morgan fingerprint density at radius 2 is 0.549 bits per heavy atom. The number of hydrogen-bond donors (Lipinski definition) is 0. The Balaban J connectivity index is 4.41. The van der Waals surface area contributed by atoms with Crippen LogP contribution in [0.5, 0.6) is 0 Å². The molecule has 0 aliphatic carbocycles. The van der Waals surface area contributed by atoms with Crippen LogP contribution in [0.1, 0.15) is 290 Å². The number of carbonyl (C=O) groups excluding carboxylic acids is 3. The van der Waals surface area contributed by atoms with Gasteiger partial charge in [0.25, 0.3) is 0 Å². The molecule has 0 saturated heterocycles. The van der Waals surface area contributed by atoms with Crippen LogP contribution in [0, 0.1) is 0 Å². The van der Waals surface area contributed by atoms with Crippen molar-refractivity contribution in [1.82, 2.24) is 0 Å². The van der Waals surface area contributed by atoms with Gasteiger partial charge in [0.1, 0.15) is 13.2 Å². The fraction of sp³-hybridized carbons (Fsp3) is 0.738. The van der Waals surface area contributed by atoms with Crippen molar-refractivity contribution in [3.8, 4) is 0 Å². The molecule has 0 saturated carbocycles. The summed E-state index contributed by atoms with van der Waals surface area (Å²) in [5, 5.41) is 0. The first kappa shape index (κ1) is 67.6. The van der Waals surface area contributed by atoms with E-state index in [1.165, 1.54) is 141 Å². The number of carbonyl (C=O) groups is 3. The summed E-state index contributed by atoms with van der Waals surface area (Å²) >= 11 is 0. The summed E-state index contributed by atoms with van der Waals surface area (Å²) in [4.78, 5) is 38.2. The number of rotatable bonds is 54. The highest BCUT2D eigenvalue weighted by atomic mass is 16.6. The molecule has 0 radical (unpaired) electrons. The van der Waals surface area contributed by atoms with Crippen LogP contribution in [0.3, 0.4) is 0 Å². The standard InChI is InChI=1S/C65H112O6/c1-4-7-10-13-16-19-22-25-28-30-31-32-33-35-38-40-43-46-49-52-55-58-64(67)70-61-62(71-65(68)59-56-53-50-47-44-41-36-27-24-21-18-15-12-9-6-3)60-69-63(66)57-54-51-48-45-42-39-37-34-29-26-23-20-17-14-11-8-5-2/h9,12,17-18,20-21,26-27,29,36-37,39,44,47,62H,4-8,10-11,13-16,19,22-25,28,30-35,38,40-43,45-46,48-61H2,1-3H3/b12-9-,20-17-,21-18-,29-26-,36-27-,39-37-,47-44-/t62-/m1/s1. The van der Waals surface area contributed by atoms with E-state index < -0.39 is 6.10 Å². The van der Waals surface area contributed by atoms with Gasteiger partial charge in [-0.15, -0.1) is 0 Å². The Kier molecular flexibility index (Phi) is 56.3. The fourth-order valence-corrected chi connectivity index (χ4v) is 8.38. The van der Waals surface area contributed by atoms with Crippen LogP contribution < -0.4 is 0 Å². The Hall–Kier alpha value is -3.41. The third-order valence-corrected chi connectivity index (χ3v) is 12.9. The van der Waals surface area contributed by atoms with Gasteiger partial charge in [-0.05, 0) is 96.3 Å². The Morgan fingerprint density at radius 1 is 0.296 bits per heavy atom. The molecule has 1 atom stereocenters. The van der Waals surface area contributed by atoms with Crippen molar-refractivity contribution in [2.75, 3.05) is 13.2 Å². The number of esters is 3. The minimum absolute atomic E-state index is 0.0987. The highest BCUT2D eigenvalue weighted by molar-refractivity contribution is 5.71. The zero-order valence-corrected chi connectivity index (χ0v) is 46.7. The molecular formula is C65H112O6. The smallest absolute Gasteiger partial charge is 0.306 e. The van der Waals surface area contributed by atoms with E-state index >= 15 is 0 Å². The summed E-state index contributed by atoms with van der Waals surface area (Å²) in [6.07, 6.45) is 77.3. The van der Waals surface area contributed by atoms with E-state index in [4.69, 9.17) is 14.2 Å². The van der Waals surface area contributed by atoms with Crippen LogP contribution in [0.2, 0.25) is 0 Å². The summed E-state index contributed by atoms with van der Waals surface area (Å²) in [5.74, 6) is -0.954. The summed E-state index contributed by atoms with van der Waals surface area (Å²) in [5.41, 5.74) is 0. The Labute approximate surface area is 439 Å². The van der Waals surface area contributed by atoms with Crippen molar-refractivity contribution >= 4 is 17.9 Å². The lowest BCUT2D eigenvalue weighted by atomic mass is 10.0. The second-order valence-electron chi connectivity index (χ2n) is 19.9. The van der Waals surface area contributed by atoms with Crippen LogP contribution in [0.4, 0.5) is 0 Å². The van der Waals surface area contributed by atoms with Gasteiger partial charge in [0.15, 0.2) is 6.10 Å². The predicted octanol–water partition coefficient (Wildman–Crippen LogP) is 20.3. The molecule has 408 valence electrons. The molecule has 0 fully saturated rings. The monoisotopic (exact) mass is 989 g/mol. The highest BCUT2D eigenvalue weighted by Gasteiger charge is 2.19. The molecule has 0 heterocycles. The average molecular weight is 990 g/mol. The number of unbranched alkanes of at least 4 members (excludes halogenated alkanes) is 29. The van der Waals surface area contributed by atoms with Gasteiger partial charge in [0.2, 0.25) is 0 Å². The molecule has 0 N–H and O–H groups in total. The van der Waals surface area contributed by atoms with E-state index in [-0.39, 0.29) is 37.5 Å². The van der Waals surface area contributed by atoms with Crippen molar-refractivity contribution in [3.63, 3.8) is 0 Å². The maximum atomic E-state index is 12.8. The summed E-state index contributed by atoms with van der Waals surface area (Å²) in [7, 11) is 0. The lowest BCUT2D eigenvalue weighted by Gasteiger charge is -2.18. The SMILES string of the molecule is CC/C=C\C/C=C\C/C=C\C/C=C\CCCCC(=O)O[C@H](COC(=O)CCCCCC/C=C\C/C=C\C/C=C\CCCCC)COC(=O)CCCCCCCCCCCCCCCCCCCCCCC. The van der Waals surface area contributed by atoms with Gasteiger partial charge in [-0.25, -0.2) is 0 Å². The first-order valence-electron chi connectivity index (χ1n) is 30.1. The van der Waals surface area contributed by atoms with E-state index in [2.05, 4.69) is 106 Å². The second kappa shape index (κ2) is 59.2. The number of ether oxygens (including phenoxy) is 3. The highest BCUT2D eigenvalue weighted by Crippen LogP contribution is 2.16. The maximum absolute atomic E-state index is 12.8. The van der Waals surface area contributed by atoms with Crippen molar-refractivity contribution in [3.05, 3.63) is 85.1 Å². The third kappa shape index (κ3) is 57.4. The first-order chi connectivity index (χ1) is 35.0. The van der Waals surface area contributed by atoms with E-state index in [0.717, 1.165) is 103 Å². The van der Waals surface area contributed by atoms with E-state index in [9.17, 15) is 14.4 Å². The van der Waals surface area contributed by atoms with Gasteiger partial charge >= 0.3 is 17.9 Å². The number of hydrogen-bond acceptors (Lipinski definition) is 6. The molecule has 0 amide bonds. The molecule has 71 heavy (non-hydrogen) atoms. The van der Waals surface area contributed by atoms with Crippen LogP contribution in [0.25, 0.3) is 0 Å². The van der Waals surface area contributed by atoms with E-state index in [0.29, 0.717) is 19.3 Å². The minimum atomic E-state index is -0.807. The van der Waals surface area contributed by atoms with Crippen molar-refractivity contribution in [2.45, 2.75) is 297 Å². The molecule has 0 bridgehead atoms. The quantitative estimate of drug-likeness (QED) is 0.0261. The molecule has 6 heteroatoms. The Morgan fingerprint density at radius 3 is 0.915 bits per heavy atom. The van der Waals surface area contributed by atoms with Gasteiger partial charge in [0, 0.05) is 19.3 Å². The van der Waals surface area contributed by atoms with Gasteiger partial charge in [-0.3, -0.25) is 14.4 Å². The van der Waals surface area contributed by atoms with Crippen molar-refractivity contribution in [2.24, 2.45) is 0 Å². The van der Waals surface area contributed by atoms with E-state index in [1.54, 1.807) is 0 Å². The Bertz CT molecular complexity index is 1370. The topological polar surface area (TPSA) is 78.9 Å². The fourth-order valence-electron chi connectivity index (χ4n) is 8.38. The van der Waals surface area contributed by atoms with Crippen LogP contribution >= 0.6 is 0 Å². The van der Waals surface area contributed by atoms with Gasteiger partial charge in [-0.2, -0.15) is 0 Å². The zero-order chi connectivity index (χ0) is 51.4. The predicted molar refractivity (Wildman–Crippen MR) is 307 cm³/mol. The van der Waals surface area contributed by atoms with E-state index in [1.807, 2.05) is 0 Å². The molecular weight excluding hydrogens is 877 g/mol. The van der Waals surface area contributed by atoms with Crippen molar-refractivity contribution < 1.29 is 28.6 Å². The summed E-state index contributed by atoms with van der Waals surface area (Å²) < 4.78 is 16.8. The lowest BCUT2D eigenvalue weighted by molar-refractivity contribution is -0.167. The number of allylic oxidation sites excluding steroid dienone is 14. The van der Waals surface area contributed by atoms with Crippen LogP contribution in [-0.2, 0) is 28.6 Å². The minimum Gasteiger partial charge on any atom is -0.462 e. The van der Waals surface area contributed by atoms with Gasteiger partial charge < -0.3 is 14.2 Å².